The normalized spacial score (nSPS) is 22.2. The first kappa shape index (κ1) is 23.2. The largest absolute Gasteiger partial charge is 0.379 e. The molecule has 0 bridgehead atoms. The van der Waals surface area contributed by atoms with Gasteiger partial charge < -0.3 is 15.0 Å². The van der Waals surface area contributed by atoms with Crippen LogP contribution in [0, 0.1) is 5.92 Å². The number of likely N-dealkylation sites (tertiary alicyclic amines) is 1. The number of sulfonamides is 1. The van der Waals surface area contributed by atoms with Crippen molar-refractivity contribution in [2.75, 3.05) is 52.5 Å². The third-order valence-corrected chi connectivity index (χ3v) is 7.97. The highest BCUT2D eigenvalue weighted by atomic mass is 35.5. The monoisotopic (exact) mass is 480 g/mol. The molecule has 3 aliphatic heterocycles. The molecule has 0 atom stereocenters. The number of nitrogens with zero attached hydrogens (tertiary/aromatic N) is 3. The Morgan fingerprint density at radius 1 is 1.16 bits per heavy atom. The topological polar surface area (TPSA) is 91.3 Å². The van der Waals surface area contributed by atoms with Crippen LogP contribution in [0.25, 0.3) is 4.91 Å². The molecular formula is C22H29ClN4O4S. The van der Waals surface area contributed by atoms with Crippen molar-refractivity contribution in [3.8, 4) is 0 Å². The minimum atomic E-state index is -3.76. The molecule has 0 aliphatic carbocycles. The molecule has 0 spiro atoms. The van der Waals surface area contributed by atoms with Gasteiger partial charge in [0.1, 0.15) is 10.7 Å². The predicted octanol–water partition coefficient (Wildman–Crippen LogP) is 1.97. The van der Waals surface area contributed by atoms with Gasteiger partial charge >= 0.3 is 0 Å². The molecule has 1 aromatic carbocycles. The van der Waals surface area contributed by atoms with Crippen LogP contribution in [0.15, 0.2) is 34.2 Å². The number of benzene rings is 1. The maximum Gasteiger partial charge on any atom is 0.285 e. The van der Waals surface area contributed by atoms with Gasteiger partial charge in [0.25, 0.3) is 10.0 Å². The van der Waals surface area contributed by atoms with Crippen molar-refractivity contribution in [2.45, 2.75) is 19.8 Å². The van der Waals surface area contributed by atoms with E-state index < -0.39 is 10.0 Å². The molecule has 32 heavy (non-hydrogen) atoms. The van der Waals surface area contributed by atoms with Crippen molar-refractivity contribution < 1.29 is 17.9 Å². The lowest BCUT2D eigenvalue weighted by molar-refractivity contribution is -0.126. The number of rotatable bonds is 5. The molecule has 3 heterocycles. The number of ether oxygens (including phenoxy) is 1. The Morgan fingerprint density at radius 2 is 1.81 bits per heavy atom. The van der Waals surface area contributed by atoms with Crippen molar-refractivity contribution in [1.82, 2.24) is 15.1 Å². The molecule has 0 aromatic heterocycles. The second kappa shape index (κ2) is 9.91. The first-order chi connectivity index (χ1) is 15.3. The lowest BCUT2D eigenvalue weighted by atomic mass is 9.95. The molecule has 0 radical (unpaired) electrons. The number of morpholine rings is 1. The second-order valence-electron chi connectivity index (χ2n) is 8.36. The number of carbonyl (C=O) groups excluding carboxylic acids is 1. The molecule has 174 valence electrons. The maximum atomic E-state index is 12.8. The van der Waals surface area contributed by atoms with Gasteiger partial charge in [0.15, 0.2) is 0 Å². The van der Waals surface area contributed by atoms with Gasteiger partial charge in [-0.1, -0.05) is 23.7 Å². The molecule has 2 saturated heterocycles. The molecule has 3 aliphatic rings. The number of amides is 1. The molecular weight excluding hydrogens is 452 g/mol. The van der Waals surface area contributed by atoms with Crippen molar-refractivity contribution >= 4 is 38.3 Å². The van der Waals surface area contributed by atoms with E-state index in [2.05, 4.69) is 14.6 Å². The van der Waals surface area contributed by atoms with Crippen molar-refractivity contribution in [3.05, 3.63) is 40.4 Å². The van der Waals surface area contributed by atoms with Gasteiger partial charge in [0.2, 0.25) is 5.91 Å². The standard InChI is InChI=1S/C22H29ClN4O4S/c1-16-20(17-2-4-19(23)5-3-17)32(29,30)25-21(16)27-9-6-18(7-10-27)22(28)24-8-11-26-12-14-31-15-13-26/h2-5,18H,6-15H2,1H3,(H,24,28). The fraction of sp³-hybridized carbons (Fsp3) is 0.545. The van der Waals surface area contributed by atoms with Gasteiger partial charge in [-0.2, -0.15) is 8.42 Å². The van der Waals surface area contributed by atoms with E-state index in [9.17, 15) is 13.2 Å². The zero-order chi connectivity index (χ0) is 22.7. The summed E-state index contributed by atoms with van der Waals surface area (Å²) in [5.41, 5.74) is 1.22. The summed E-state index contributed by atoms with van der Waals surface area (Å²) in [4.78, 5) is 17.1. The number of nitrogens with one attached hydrogen (secondary N) is 1. The van der Waals surface area contributed by atoms with Gasteiger partial charge in [-0.3, -0.25) is 9.69 Å². The fourth-order valence-electron chi connectivity index (χ4n) is 4.44. The van der Waals surface area contributed by atoms with Crippen LogP contribution in [0.1, 0.15) is 25.3 Å². The van der Waals surface area contributed by atoms with Crippen LogP contribution >= 0.6 is 11.6 Å². The third kappa shape index (κ3) is 5.17. The highest BCUT2D eigenvalue weighted by Gasteiger charge is 2.35. The predicted molar refractivity (Wildman–Crippen MR) is 125 cm³/mol. The van der Waals surface area contributed by atoms with E-state index in [1.807, 2.05) is 4.90 Å². The molecule has 0 saturated carbocycles. The summed E-state index contributed by atoms with van der Waals surface area (Å²) in [5, 5.41) is 3.60. The van der Waals surface area contributed by atoms with E-state index in [0.717, 1.165) is 32.8 Å². The van der Waals surface area contributed by atoms with Crippen molar-refractivity contribution in [3.63, 3.8) is 0 Å². The smallest absolute Gasteiger partial charge is 0.285 e. The molecule has 4 rings (SSSR count). The van der Waals surface area contributed by atoms with E-state index in [0.29, 0.717) is 54.5 Å². The van der Waals surface area contributed by atoms with Gasteiger partial charge in [-0.25, -0.2) is 0 Å². The van der Waals surface area contributed by atoms with Gasteiger partial charge in [0.05, 0.1) is 13.2 Å². The summed E-state index contributed by atoms with van der Waals surface area (Å²) in [5.74, 6) is 0.503. The van der Waals surface area contributed by atoms with Crippen LogP contribution in [0.4, 0.5) is 0 Å². The number of hydrogen-bond donors (Lipinski definition) is 1. The quantitative estimate of drug-likeness (QED) is 0.692. The summed E-state index contributed by atoms with van der Waals surface area (Å²) in [7, 11) is -3.76. The van der Waals surface area contributed by atoms with E-state index in [1.165, 1.54) is 0 Å². The Bertz CT molecular complexity index is 1010. The number of halogens is 1. The molecule has 0 unspecified atom stereocenters. The van der Waals surface area contributed by atoms with Crippen LogP contribution in [0.2, 0.25) is 5.02 Å². The molecule has 1 aromatic rings. The van der Waals surface area contributed by atoms with E-state index in [-0.39, 0.29) is 16.7 Å². The summed E-state index contributed by atoms with van der Waals surface area (Å²) >= 11 is 5.94. The highest BCUT2D eigenvalue weighted by molar-refractivity contribution is 8.00. The first-order valence-electron chi connectivity index (χ1n) is 11.0. The summed E-state index contributed by atoms with van der Waals surface area (Å²) < 4.78 is 34.9. The molecule has 2 fully saturated rings. The van der Waals surface area contributed by atoms with Crippen LogP contribution in [0.3, 0.4) is 0 Å². The minimum absolute atomic E-state index is 0.0606. The van der Waals surface area contributed by atoms with Gasteiger partial charge in [0, 0.05) is 55.8 Å². The van der Waals surface area contributed by atoms with Crippen LogP contribution < -0.4 is 5.32 Å². The van der Waals surface area contributed by atoms with Gasteiger partial charge in [-0.15, -0.1) is 4.40 Å². The van der Waals surface area contributed by atoms with E-state index >= 15 is 0 Å². The number of amidine groups is 1. The lowest BCUT2D eigenvalue weighted by Crippen LogP contribution is -2.45. The fourth-order valence-corrected chi connectivity index (χ4v) is 6.05. The lowest BCUT2D eigenvalue weighted by Gasteiger charge is -2.33. The zero-order valence-corrected chi connectivity index (χ0v) is 19.8. The maximum absolute atomic E-state index is 12.8. The van der Waals surface area contributed by atoms with E-state index in [4.69, 9.17) is 16.3 Å². The average Bonchev–Trinajstić information content (AvgIpc) is 3.04. The third-order valence-electron chi connectivity index (χ3n) is 6.24. The zero-order valence-electron chi connectivity index (χ0n) is 18.2. The Kier molecular flexibility index (Phi) is 7.19. The number of piperidine rings is 1. The number of hydrogen-bond acceptors (Lipinski definition) is 6. The van der Waals surface area contributed by atoms with E-state index in [1.54, 1.807) is 31.2 Å². The Hall–Kier alpha value is -1.94. The van der Waals surface area contributed by atoms with Gasteiger partial charge in [-0.05, 0) is 37.5 Å². The summed E-state index contributed by atoms with van der Waals surface area (Å²) in [6.07, 6.45) is 1.35. The summed E-state index contributed by atoms with van der Waals surface area (Å²) in [6.45, 7) is 7.77. The Morgan fingerprint density at radius 3 is 2.47 bits per heavy atom. The summed E-state index contributed by atoms with van der Waals surface area (Å²) in [6, 6.07) is 6.75. The molecule has 10 heteroatoms. The Labute approximate surface area is 194 Å². The second-order valence-corrected chi connectivity index (χ2v) is 10.3. The van der Waals surface area contributed by atoms with Crippen molar-refractivity contribution in [2.24, 2.45) is 10.3 Å². The SMILES string of the molecule is CC1=C(c2ccc(Cl)cc2)S(=O)(=O)N=C1N1CCC(C(=O)NCCN2CCOCC2)CC1. The van der Waals surface area contributed by atoms with Crippen LogP contribution in [-0.4, -0.2) is 82.4 Å². The first-order valence-corrected chi connectivity index (χ1v) is 12.8. The average molecular weight is 481 g/mol. The van der Waals surface area contributed by atoms with Crippen LogP contribution in [0.5, 0.6) is 0 Å². The molecule has 8 nitrogen and oxygen atoms in total. The molecule has 1 amide bonds. The number of carbonyl (C=O) groups is 1. The molecule has 1 N–H and O–H groups in total. The minimum Gasteiger partial charge on any atom is -0.379 e. The van der Waals surface area contributed by atoms with Crippen molar-refractivity contribution in [1.29, 1.82) is 0 Å². The Balaban J connectivity index is 1.33. The highest BCUT2D eigenvalue weighted by Crippen LogP contribution is 2.35. The van der Waals surface area contributed by atoms with Crippen LogP contribution in [-0.2, 0) is 19.6 Å².